The lowest BCUT2D eigenvalue weighted by molar-refractivity contribution is 0.127. The van der Waals surface area contributed by atoms with E-state index < -0.39 is 0 Å². The Morgan fingerprint density at radius 2 is 1.89 bits per heavy atom. The smallest absolute Gasteiger partial charge is 0.123 e. The molecule has 0 aliphatic heterocycles. The van der Waals surface area contributed by atoms with Gasteiger partial charge in [-0.15, -0.1) is 0 Å². The van der Waals surface area contributed by atoms with Gasteiger partial charge in [0.2, 0.25) is 0 Å². The van der Waals surface area contributed by atoms with E-state index in [4.69, 9.17) is 10.5 Å². The van der Waals surface area contributed by atoms with Crippen LogP contribution in [-0.2, 0) is 4.74 Å². The molecule has 0 aromatic heterocycles. The molecule has 0 fully saturated rings. The number of anilines is 1. The van der Waals surface area contributed by atoms with Crippen LogP contribution in [0.15, 0.2) is 24.3 Å². The molecular weight excluding hydrogens is 231 g/mol. The van der Waals surface area contributed by atoms with Crippen LogP contribution in [0.3, 0.4) is 0 Å². The molecule has 1 unspecified atom stereocenters. The van der Waals surface area contributed by atoms with Crippen LogP contribution in [0.25, 0.3) is 0 Å². The average molecular weight is 254 g/mol. The molecular formula is C14H23FN2O. The first-order chi connectivity index (χ1) is 8.63. The van der Waals surface area contributed by atoms with Crippen LogP contribution in [0.4, 0.5) is 10.1 Å². The molecule has 0 saturated carbocycles. The predicted octanol–water partition coefficient (Wildman–Crippen LogP) is 2.41. The van der Waals surface area contributed by atoms with Crippen molar-refractivity contribution in [1.29, 1.82) is 0 Å². The van der Waals surface area contributed by atoms with Crippen molar-refractivity contribution in [2.24, 2.45) is 5.73 Å². The van der Waals surface area contributed by atoms with Crippen LogP contribution in [0.5, 0.6) is 0 Å². The number of methoxy groups -OCH3 is 1. The maximum atomic E-state index is 13.0. The number of likely N-dealkylation sites (N-methyl/N-ethyl adjacent to an activating group) is 1. The molecule has 0 bridgehead atoms. The Morgan fingerprint density at radius 1 is 1.28 bits per heavy atom. The highest BCUT2D eigenvalue weighted by molar-refractivity contribution is 5.49. The fourth-order valence-electron chi connectivity index (χ4n) is 2.37. The Kier molecular flexibility index (Phi) is 5.56. The number of halogens is 1. The quantitative estimate of drug-likeness (QED) is 0.812. The lowest BCUT2D eigenvalue weighted by Crippen LogP contribution is -2.57. The molecule has 4 heteroatoms. The van der Waals surface area contributed by atoms with Gasteiger partial charge in [-0.3, -0.25) is 0 Å². The first-order valence-corrected chi connectivity index (χ1v) is 6.35. The third kappa shape index (κ3) is 3.00. The molecule has 0 heterocycles. The Labute approximate surface area is 109 Å². The van der Waals surface area contributed by atoms with Crippen molar-refractivity contribution in [2.75, 3.05) is 31.7 Å². The first kappa shape index (κ1) is 14.9. The SMILES string of the molecule is CCN(c1ccc(F)cc1)C(CC)(CN)COC. The van der Waals surface area contributed by atoms with Gasteiger partial charge < -0.3 is 15.4 Å². The van der Waals surface area contributed by atoms with Crippen molar-refractivity contribution in [3.63, 3.8) is 0 Å². The molecule has 0 aliphatic carbocycles. The third-order valence-corrected chi connectivity index (χ3v) is 3.48. The number of benzene rings is 1. The lowest BCUT2D eigenvalue weighted by atomic mass is 9.93. The van der Waals surface area contributed by atoms with Gasteiger partial charge in [-0.25, -0.2) is 4.39 Å². The molecule has 18 heavy (non-hydrogen) atoms. The summed E-state index contributed by atoms with van der Waals surface area (Å²) in [7, 11) is 1.68. The van der Waals surface area contributed by atoms with Crippen LogP contribution in [-0.4, -0.2) is 32.3 Å². The molecule has 0 aliphatic rings. The van der Waals surface area contributed by atoms with Crippen molar-refractivity contribution in [1.82, 2.24) is 0 Å². The summed E-state index contributed by atoms with van der Waals surface area (Å²) in [5.74, 6) is -0.226. The molecule has 1 aromatic rings. The average Bonchev–Trinajstić information content (AvgIpc) is 2.40. The number of ether oxygens (including phenoxy) is 1. The van der Waals surface area contributed by atoms with E-state index in [0.29, 0.717) is 13.2 Å². The third-order valence-electron chi connectivity index (χ3n) is 3.48. The van der Waals surface area contributed by atoms with E-state index in [1.807, 2.05) is 0 Å². The van der Waals surface area contributed by atoms with Gasteiger partial charge in [0.25, 0.3) is 0 Å². The Bertz CT molecular complexity index is 349. The summed E-state index contributed by atoms with van der Waals surface area (Å²) < 4.78 is 18.3. The number of hydrogen-bond donors (Lipinski definition) is 1. The zero-order chi connectivity index (χ0) is 13.6. The van der Waals surface area contributed by atoms with Crippen LogP contribution in [0.2, 0.25) is 0 Å². The molecule has 0 spiro atoms. The van der Waals surface area contributed by atoms with E-state index in [0.717, 1.165) is 18.7 Å². The van der Waals surface area contributed by atoms with Gasteiger partial charge in [0.1, 0.15) is 5.82 Å². The second-order valence-corrected chi connectivity index (χ2v) is 4.44. The molecule has 0 saturated heterocycles. The van der Waals surface area contributed by atoms with Gasteiger partial charge in [-0.1, -0.05) is 6.92 Å². The van der Waals surface area contributed by atoms with E-state index in [9.17, 15) is 4.39 Å². The second kappa shape index (κ2) is 6.71. The monoisotopic (exact) mass is 254 g/mol. The van der Waals surface area contributed by atoms with E-state index in [2.05, 4.69) is 18.7 Å². The van der Waals surface area contributed by atoms with Gasteiger partial charge in [-0.2, -0.15) is 0 Å². The summed E-state index contributed by atoms with van der Waals surface area (Å²) in [6.07, 6.45) is 0.878. The summed E-state index contributed by atoms with van der Waals surface area (Å²) in [6.45, 7) is 6.03. The summed E-state index contributed by atoms with van der Waals surface area (Å²) >= 11 is 0. The van der Waals surface area contributed by atoms with Crippen LogP contribution in [0, 0.1) is 5.82 Å². The predicted molar refractivity (Wildman–Crippen MR) is 73.4 cm³/mol. The minimum absolute atomic E-state index is 0.226. The van der Waals surface area contributed by atoms with Gasteiger partial charge in [-0.05, 0) is 37.6 Å². The Balaban J connectivity index is 3.08. The highest BCUT2D eigenvalue weighted by Gasteiger charge is 2.33. The summed E-state index contributed by atoms with van der Waals surface area (Å²) in [5, 5.41) is 0. The van der Waals surface area contributed by atoms with Crippen LogP contribution in [0.1, 0.15) is 20.3 Å². The largest absolute Gasteiger partial charge is 0.382 e. The van der Waals surface area contributed by atoms with Crippen molar-refractivity contribution in [2.45, 2.75) is 25.8 Å². The van der Waals surface area contributed by atoms with Gasteiger partial charge in [0.05, 0.1) is 12.1 Å². The fourth-order valence-corrected chi connectivity index (χ4v) is 2.37. The molecule has 2 N–H and O–H groups in total. The van der Waals surface area contributed by atoms with Crippen molar-refractivity contribution in [3.8, 4) is 0 Å². The van der Waals surface area contributed by atoms with E-state index in [1.165, 1.54) is 12.1 Å². The van der Waals surface area contributed by atoms with E-state index in [1.54, 1.807) is 19.2 Å². The van der Waals surface area contributed by atoms with Gasteiger partial charge in [0, 0.05) is 25.9 Å². The zero-order valence-corrected chi connectivity index (χ0v) is 11.4. The fraction of sp³-hybridized carbons (Fsp3) is 0.571. The number of hydrogen-bond acceptors (Lipinski definition) is 3. The Morgan fingerprint density at radius 3 is 2.28 bits per heavy atom. The molecule has 102 valence electrons. The van der Waals surface area contributed by atoms with Crippen LogP contribution >= 0.6 is 0 Å². The summed E-state index contributed by atoms with van der Waals surface area (Å²) in [5.41, 5.74) is 6.69. The van der Waals surface area contributed by atoms with Gasteiger partial charge >= 0.3 is 0 Å². The van der Waals surface area contributed by atoms with Crippen LogP contribution < -0.4 is 10.6 Å². The Hall–Kier alpha value is -1.13. The molecule has 1 atom stereocenters. The van der Waals surface area contributed by atoms with Crippen molar-refractivity contribution < 1.29 is 9.13 Å². The minimum Gasteiger partial charge on any atom is -0.382 e. The maximum absolute atomic E-state index is 13.0. The number of nitrogens with zero attached hydrogens (tertiary/aromatic N) is 1. The second-order valence-electron chi connectivity index (χ2n) is 4.44. The van der Waals surface area contributed by atoms with Gasteiger partial charge in [0.15, 0.2) is 0 Å². The standard InChI is InChI=1S/C14H23FN2O/c1-4-14(10-16,11-18-3)17(5-2)13-8-6-12(15)7-9-13/h6-9H,4-5,10-11,16H2,1-3H3. The molecule has 1 rings (SSSR count). The van der Waals surface area contributed by atoms with Crippen molar-refractivity contribution >= 4 is 5.69 Å². The summed E-state index contributed by atoms with van der Waals surface area (Å²) in [6, 6.07) is 6.52. The summed E-state index contributed by atoms with van der Waals surface area (Å²) in [4.78, 5) is 2.19. The maximum Gasteiger partial charge on any atom is 0.123 e. The van der Waals surface area contributed by atoms with E-state index in [-0.39, 0.29) is 11.4 Å². The lowest BCUT2D eigenvalue weighted by Gasteiger charge is -2.43. The van der Waals surface area contributed by atoms with Crippen molar-refractivity contribution in [3.05, 3.63) is 30.1 Å². The first-order valence-electron chi connectivity index (χ1n) is 6.35. The van der Waals surface area contributed by atoms with E-state index >= 15 is 0 Å². The topological polar surface area (TPSA) is 38.5 Å². The zero-order valence-electron chi connectivity index (χ0n) is 11.4. The normalized spacial score (nSPS) is 14.3. The molecule has 1 aromatic carbocycles. The molecule has 0 radical (unpaired) electrons. The molecule has 3 nitrogen and oxygen atoms in total. The molecule has 0 amide bonds. The number of rotatable bonds is 7. The minimum atomic E-state index is -0.235. The highest BCUT2D eigenvalue weighted by Crippen LogP contribution is 2.27. The highest BCUT2D eigenvalue weighted by atomic mass is 19.1. The number of nitrogens with two attached hydrogens (primary N) is 1.